The van der Waals surface area contributed by atoms with Crippen LogP contribution in [-0.2, 0) is 11.2 Å². The van der Waals surface area contributed by atoms with E-state index in [-0.39, 0.29) is 5.70 Å². The molecule has 1 aromatic rings. The Balaban J connectivity index is 2.62. The Morgan fingerprint density at radius 2 is 2.15 bits per heavy atom. The van der Waals surface area contributed by atoms with Crippen LogP contribution in [0.2, 0.25) is 0 Å². The topological polar surface area (TPSA) is 76.2 Å². The summed E-state index contributed by atoms with van der Waals surface area (Å²) in [4.78, 5) is 14.2. The van der Waals surface area contributed by atoms with E-state index >= 15 is 0 Å². The standard InChI is InChI=1S/C9H10N2O2/c10-8(9(12)13)2-1-7-3-5-11-6-4-7/h2-6H,1,10H2,(H,12,13)/b8-2+. The van der Waals surface area contributed by atoms with Crippen molar-refractivity contribution >= 4 is 5.97 Å². The summed E-state index contributed by atoms with van der Waals surface area (Å²) in [6, 6.07) is 3.62. The average Bonchev–Trinajstić information content (AvgIpc) is 2.15. The molecule has 0 unspecified atom stereocenters. The van der Waals surface area contributed by atoms with Crippen LogP contribution in [0, 0.1) is 0 Å². The number of allylic oxidation sites excluding steroid dienone is 1. The molecule has 0 spiro atoms. The maximum atomic E-state index is 10.3. The van der Waals surface area contributed by atoms with Gasteiger partial charge in [0.05, 0.1) is 0 Å². The van der Waals surface area contributed by atoms with Gasteiger partial charge < -0.3 is 10.8 Å². The molecule has 0 radical (unpaired) electrons. The van der Waals surface area contributed by atoms with Gasteiger partial charge in [-0.05, 0) is 30.2 Å². The van der Waals surface area contributed by atoms with Crippen molar-refractivity contribution in [3.63, 3.8) is 0 Å². The van der Waals surface area contributed by atoms with E-state index in [1.54, 1.807) is 12.4 Å². The lowest BCUT2D eigenvalue weighted by atomic mass is 10.2. The third kappa shape index (κ3) is 2.94. The van der Waals surface area contributed by atoms with Gasteiger partial charge in [0.2, 0.25) is 0 Å². The number of nitrogens with zero attached hydrogens (tertiary/aromatic N) is 1. The molecule has 4 heteroatoms. The van der Waals surface area contributed by atoms with Crippen LogP contribution in [0.5, 0.6) is 0 Å². The van der Waals surface area contributed by atoms with Crippen LogP contribution in [0.25, 0.3) is 0 Å². The van der Waals surface area contributed by atoms with Crippen molar-refractivity contribution in [3.8, 4) is 0 Å². The molecule has 0 aromatic carbocycles. The molecule has 1 heterocycles. The van der Waals surface area contributed by atoms with E-state index in [0.29, 0.717) is 6.42 Å². The predicted octanol–water partition coefficient (Wildman–Crippen LogP) is 0.551. The maximum Gasteiger partial charge on any atom is 0.351 e. The minimum atomic E-state index is -1.09. The van der Waals surface area contributed by atoms with E-state index in [0.717, 1.165) is 5.56 Å². The van der Waals surface area contributed by atoms with Gasteiger partial charge in [-0.3, -0.25) is 4.98 Å². The number of rotatable bonds is 3. The summed E-state index contributed by atoms with van der Waals surface area (Å²) in [6.45, 7) is 0. The van der Waals surface area contributed by atoms with Crippen molar-refractivity contribution in [3.05, 3.63) is 41.9 Å². The Hall–Kier alpha value is -1.84. The molecule has 0 aliphatic heterocycles. The molecule has 0 bridgehead atoms. The van der Waals surface area contributed by atoms with E-state index in [2.05, 4.69) is 4.98 Å². The van der Waals surface area contributed by atoms with Gasteiger partial charge >= 0.3 is 5.97 Å². The lowest BCUT2D eigenvalue weighted by Crippen LogP contribution is -2.09. The first-order valence-electron chi connectivity index (χ1n) is 3.78. The smallest absolute Gasteiger partial charge is 0.351 e. The summed E-state index contributed by atoms with van der Waals surface area (Å²) in [5, 5.41) is 8.45. The zero-order valence-corrected chi connectivity index (χ0v) is 6.97. The van der Waals surface area contributed by atoms with Crippen molar-refractivity contribution in [1.29, 1.82) is 0 Å². The lowest BCUT2D eigenvalue weighted by molar-refractivity contribution is -0.132. The minimum Gasteiger partial charge on any atom is -0.477 e. The first kappa shape index (κ1) is 9.25. The van der Waals surface area contributed by atoms with Gasteiger partial charge in [0.1, 0.15) is 5.70 Å². The van der Waals surface area contributed by atoms with E-state index in [1.165, 1.54) is 6.08 Å². The van der Waals surface area contributed by atoms with Gasteiger partial charge in [0, 0.05) is 12.4 Å². The van der Waals surface area contributed by atoms with Crippen LogP contribution in [-0.4, -0.2) is 16.1 Å². The summed E-state index contributed by atoms with van der Waals surface area (Å²) in [6.07, 6.45) is 5.29. The van der Waals surface area contributed by atoms with Crippen molar-refractivity contribution in [2.24, 2.45) is 5.73 Å². The van der Waals surface area contributed by atoms with Gasteiger partial charge in [0.15, 0.2) is 0 Å². The van der Waals surface area contributed by atoms with Crippen LogP contribution >= 0.6 is 0 Å². The predicted molar refractivity (Wildman–Crippen MR) is 47.8 cm³/mol. The normalized spacial score (nSPS) is 11.2. The Labute approximate surface area is 75.7 Å². The quantitative estimate of drug-likeness (QED) is 0.663. The molecule has 0 fully saturated rings. The third-order valence-corrected chi connectivity index (χ3v) is 1.55. The molecule has 68 valence electrons. The van der Waals surface area contributed by atoms with Crippen molar-refractivity contribution in [2.75, 3.05) is 0 Å². The molecule has 1 rings (SSSR count). The Morgan fingerprint density at radius 1 is 1.54 bits per heavy atom. The first-order chi connectivity index (χ1) is 6.20. The molecule has 4 nitrogen and oxygen atoms in total. The fraction of sp³-hybridized carbons (Fsp3) is 0.111. The highest BCUT2D eigenvalue weighted by Crippen LogP contribution is 1.99. The number of carbonyl (C=O) groups is 1. The summed E-state index contributed by atoms with van der Waals surface area (Å²) in [7, 11) is 0. The molecule has 0 aliphatic carbocycles. The van der Waals surface area contributed by atoms with Crippen LogP contribution in [0.15, 0.2) is 36.3 Å². The van der Waals surface area contributed by atoms with Gasteiger partial charge in [-0.2, -0.15) is 0 Å². The summed E-state index contributed by atoms with van der Waals surface area (Å²) in [5.41, 5.74) is 6.07. The molecule has 0 saturated heterocycles. The number of carboxylic acids is 1. The lowest BCUT2D eigenvalue weighted by Gasteiger charge is -1.95. The number of aromatic nitrogens is 1. The molecule has 1 aromatic heterocycles. The highest BCUT2D eigenvalue weighted by molar-refractivity contribution is 5.85. The number of hydrogen-bond donors (Lipinski definition) is 2. The van der Waals surface area contributed by atoms with E-state index in [9.17, 15) is 4.79 Å². The molecule has 3 N–H and O–H groups in total. The zero-order chi connectivity index (χ0) is 9.68. The highest BCUT2D eigenvalue weighted by atomic mass is 16.4. The molecule has 0 saturated carbocycles. The SMILES string of the molecule is N/C(=C/Cc1ccncc1)C(=O)O. The van der Waals surface area contributed by atoms with E-state index < -0.39 is 5.97 Å². The number of aliphatic carboxylic acids is 1. The van der Waals surface area contributed by atoms with Gasteiger partial charge in [-0.1, -0.05) is 0 Å². The van der Waals surface area contributed by atoms with E-state index in [1.807, 2.05) is 12.1 Å². The van der Waals surface area contributed by atoms with Crippen LogP contribution in [0.1, 0.15) is 5.56 Å². The molecule has 0 atom stereocenters. The van der Waals surface area contributed by atoms with E-state index in [4.69, 9.17) is 10.8 Å². The van der Waals surface area contributed by atoms with Crippen molar-refractivity contribution in [1.82, 2.24) is 4.98 Å². The highest BCUT2D eigenvalue weighted by Gasteiger charge is 1.99. The second-order valence-electron chi connectivity index (χ2n) is 2.52. The average molecular weight is 178 g/mol. The summed E-state index contributed by atoms with van der Waals surface area (Å²) < 4.78 is 0. The molecule has 0 amide bonds. The van der Waals surface area contributed by atoms with Gasteiger partial charge in [-0.25, -0.2) is 4.79 Å². The fourth-order valence-corrected chi connectivity index (χ4v) is 0.834. The molecular formula is C9H10N2O2. The summed E-state index contributed by atoms with van der Waals surface area (Å²) >= 11 is 0. The monoisotopic (exact) mass is 178 g/mol. The maximum absolute atomic E-state index is 10.3. The number of carboxylic acid groups (broad SMARTS) is 1. The van der Waals surface area contributed by atoms with Gasteiger partial charge in [0.25, 0.3) is 0 Å². The van der Waals surface area contributed by atoms with Crippen LogP contribution in [0.4, 0.5) is 0 Å². The molecular weight excluding hydrogens is 168 g/mol. The Kier molecular flexibility index (Phi) is 3.03. The first-order valence-corrected chi connectivity index (χ1v) is 3.78. The van der Waals surface area contributed by atoms with Crippen molar-refractivity contribution in [2.45, 2.75) is 6.42 Å². The number of pyridine rings is 1. The minimum absolute atomic E-state index is 0.128. The van der Waals surface area contributed by atoms with Crippen molar-refractivity contribution < 1.29 is 9.90 Å². The zero-order valence-electron chi connectivity index (χ0n) is 6.97. The second kappa shape index (κ2) is 4.25. The molecule has 0 aliphatic rings. The van der Waals surface area contributed by atoms with Crippen LogP contribution in [0.3, 0.4) is 0 Å². The van der Waals surface area contributed by atoms with Crippen LogP contribution < -0.4 is 5.73 Å². The summed E-state index contributed by atoms with van der Waals surface area (Å²) in [5.74, 6) is -1.09. The molecule has 13 heavy (non-hydrogen) atoms. The van der Waals surface area contributed by atoms with Gasteiger partial charge in [-0.15, -0.1) is 0 Å². The largest absolute Gasteiger partial charge is 0.477 e. The number of hydrogen-bond acceptors (Lipinski definition) is 3. The Bertz CT molecular complexity index is 320. The fourth-order valence-electron chi connectivity index (χ4n) is 0.834. The Morgan fingerprint density at radius 3 is 2.69 bits per heavy atom. The second-order valence-corrected chi connectivity index (χ2v) is 2.52. The third-order valence-electron chi connectivity index (χ3n) is 1.55. The number of nitrogens with two attached hydrogens (primary N) is 1.